The molecule has 0 radical (unpaired) electrons. The number of rotatable bonds is 1. The Labute approximate surface area is 106 Å². The van der Waals surface area contributed by atoms with Crippen molar-refractivity contribution in [1.29, 1.82) is 0 Å². The Bertz CT molecular complexity index is 604. The first-order valence-electron chi connectivity index (χ1n) is 5.17. The number of H-pyrrole nitrogens is 1. The first-order valence-corrected chi connectivity index (χ1v) is 5.17. The molecule has 1 N–H and O–H groups in total. The summed E-state index contributed by atoms with van der Waals surface area (Å²) >= 11 is 0. The minimum atomic E-state index is -0.102. The maximum absolute atomic E-state index is 11.8. The molecule has 0 aromatic carbocycles. The van der Waals surface area contributed by atoms with E-state index in [2.05, 4.69) is 9.97 Å². The second kappa shape index (κ2) is 4.75. The number of fused-ring (bicyclic) bond motifs is 1. The van der Waals surface area contributed by atoms with Crippen LogP contribution in [0.2, 0.25) is 0 Å². The van der Waals surface area contributed by atoms with Gasteiger partial charge in [0.1, 0.15) is 11.3 Å². The first-order chi connectivity index (χ1) is 7.49. The van der Waals surface area contributed by atoms with Gasteiger partial charge in [-0.05, 0) is 31.5 Å². The van der Waals surface area contributed by atoms with Crippen LogP contribution < -0.4 is 10.5 Å². The van der Waals surface area contributed by atoms with Crippen LogP contribution in [0.25, 0.3) is 11.0 Å². The number of aromatic nitrogens is 2. The number of aromatic amines is 1. The number of pyridine rings is 2. The van der Waals surface area contributed by atoms with E-state index in [1.807, 2.05) is 40.1 Å². The van der Waals surface area contributed by atoms with E-state index in [1.54, 1.807) is 4.90 Å². The van der Waals surface area contributed by atoms with Crippen LogP contribution in [-0.4, -0.2) is 24.1 Å². The fraction of sp³-hybridized carbons (Fsp3) is 0.333. The molecule has 0 aliphatic rings. The van der Waals surface area contributed by atoms with Crippen molar-refractivity contribution >= 4 is 29.1 Å². The Balaban J connectivity index is 0.00000144. The number of hydrogen-bond donors (Lipinski definition) is 1. The Kier molecular flexibility index (Phi) is 3.78. The second-order valence-electron chi connectivity index (χ2n) is 4.22. The lowest BCUT2D eigenvalue weighted by Gasteiger charge is -2.12. The summed E-state index contributed by atoms with van der Waals surface area (Å²) in [5, 5.41) is 0.994. The molecule has 0 aliphatic carbocycles. The zero-order valence-electron chi connectivity index (χ0n) is 10.4. The summed E-state index contributed by atoms with van der Waals surface area (Å²) in [4.78, 5) is 20.7. The Morgan fingerprint density at radius 1 is 1.24 bits per heavy atom. The predicted molar refractivity (Wildman–Crippen MR) is 73.4 cm³/mol. The Morgan fingerprint density at radius 2 is 1.88 bits per heavy atom. The van der Waals surface area contributed by atoms with E-state index >= 15 is 0 Å². The van der Waals surface area contributed by atoms with Gasteiger partial charge in [0.05, 0.1) is 0 Å². The molecule has 5 heteroatoms. The van der Waals surface area contributed by atoms with E-state index in [9.17, 15) is 4.79 Å². The number of halogens is 1. The summed E-state index contributed by atoms with van der Waals surface area (Å²) in [6.45, 7) is 3.94. The van der Waals surface area contributed by atoms with E-state index in [-0.39, 0.29) is 18.0 Å². The van der Waals surface area contributed by atoms with Gasteiger partial charge in [-0.15, -0.1) is 12.4 Å². The minimum absolute atomic E-state index is 0. The van der Waals surface area contributed by atoms with E-state index < -0.39 is 0 Å². The maximum Gasteiger partial charge on any atom is 0.273 e. The number of aryl methyl sites for hydroxylation is 2. The molecule has 0 unspecified atom stereocenters. The van der Waals surface area contributed by atoms with Crippen LogP contribution in [0.15, 0.2) is 16.9 Å². The second-order valence-corrected chi connectivity index (χ2v) is 4.22. The summed E-state index contributed by atoms with van der Waals surface area (Å²) in [6.07, 6.45) is 0. The van der Waals surface area contributed by atoms with Crippen LogP contribution in [0, 0.1) is 13.8 Å². The molecule has 2 rings (SSSR count). The molecule has 0 saturated carbocycles. The van der Waals surface area contributed by atoms with Crippen LogP contribution in [0.1, 0.15) is 11.3 Å². The van der Waals surface area contributed by atoms with Crippen LogP contribution in [0.4, 0.5) is 5.69 Å². The lowest BCUT2D eigenvalue weighted by Crippen LogP contribution is -2.20. The monoisotopic (exact) mass is 253 g/mol. The van der Waals surface area contributed by atoms with E-state index in [0.29, 0.717) is 11.3 Å². The van der Waals surface area contributed by atoms with Crippen molar-refractivity contribution in [3.05, 3.63) is 33.7 Å². The molecule has 0 atom stereocenters. The van der Waals surface area contributed by atoms with Gasteiger partial charge in [0.15, 0.2) is 0 Å². The molecule has 17 heavy (non-hydrogen) atoms. The molecule has 0 amide bonds. The van der Waals surface area contributed by atoms with Gasteiger partial charge in [-0.2, -0.15) is 0 Å². The maximum atomic E-state index is 11.8. The van der Waals surface area contributed by atoms with Crippen molar-refractivity contribution in [2.24, 2.45) is 0 Å². The number of nitrogens with zero attached hydrogens (tertiary/aromatic N) is 2. The molecule has 2 aromatic heterocycles. The van der Waals surface area contributed by atoms with Crippen LogP contribution >= 0.6 is 12.4 Å². The first kappa shape index (κ1) is 13.5. The third kappa shape index (κ3) is 2.42. The zero-order valence-corrected chi connectivity index (χ0v) is 11.2. The molecule has 0 fully saturated rings. The lowest BCUT2D eigenvalue weighted by molar-refractivity contribution is 1.08. The molecule has 92 valence electrons. The van der Waals surface area contributed by atoms with Crippen LogP contribution in [-0.2, 0) is 0 Å². The zero-order chi connectivity index (χ0) is 11.9. The summed E-state index contributed by atoms with van der Waals surface area (Å²) in [5.41, 5.74) is 3.25. The average molecular weight is 254 g/mol. The van der Waals surface area contributed by atoms with Gasteiger partial charge in [0.2, 0.25) is 0 Å². The van der Waals surface area contributed by atoms with Crippen molar-refractivity contribution in [1.82, 2.24) is 9.97 Å². The Hall–Kier alpha value is -1.55. The summed E-state index contributed by atoms with van der Waals surface area (Å²) < 4.78 is 0. The van der Waals surface area contributed by atoms with E-state index in [4.69, 9.17) is 0 Å². The van der Waals surface area contributed by atoms with E-state index in [0.717, 1.165) is 16.6 Å². The van der Waals surface area contributed by atoms with Crippen molar-refractivity contribution in [2.75, 3.05) is 19.0 Å². The quantitative estimate of drug-likeness (QED) is 0.846. The molecular weight excluding hydrogens is 238 g/mol. The summed E-state index contributed by atoms with van der Waals surface area (Å²) in [5.74, 6) is 0. The molecule has 0 aliphatic heterocycles. The largest absolute Gasteiger partial charge is 0.373 e. The third-order valence-electron chi connectivity index (χ3n) is 2.62. The molecule has 2 aromatic rings. The molecule has 0 spiro atoms. The highest BCUT2D eigenvalue weighted by Crippen LogP contribution is 2.18. The molecule has 4 nitrogen and oxygen atoms in total. The SMILES string of the molecule is Cc1cc(C)c2cc(N(C)C)c(=O)[nH]c2n1.Cl. The molecule has 2 heterocycles. The van der Waals surface area contributed by atoms with Crippen molar-refractivity contribution in [3.8, 4) is 0 Å². The topological polar surface area (TPSA) is 49.0 Å². The highest BCUT2D eigenvalue weighted by molar-refractivity contribution is 5.85. The van der Waals surface area contributed by atoms with Crippen molar-refractivity contribution in [2.45, 2.75) is 13.8 Å². The van der Waals surface area contributed by atoms with Gasteiger partial charge in [0.25, 0.3) is 5.56 Å². The van der Waals surface area contributed by atoms with Gasteiger partial charge < -0.3 is 9.88 Å². The standard InChI is InChI=1S/C12H15N3O.ClH/c1-7-5-8(2)13-11-9(7)6-10(15(3)4)12(16)14-11;/h5-6H,1-4H3,(H,13,14,16);1H. The lowest BCUT2D eigenvalue weighted by atomic mass is 10.1. The van der Waals surface area contributed by atoms with Crippen molar-refractivity contribution < 1.29 is 0 Å². The molecule has 0 saturated heterocycles. The number of nitrogens with one attached hydrogen (secondary N) is 1. The molecular formula is C12H16ClN3O. The van der Waals surface area contributed by atoms with Gasteiger partial charge in [-0.1, -0.05) is 0 Å². The number of hydrogen-bond acceptors (Lipinski definition) is 3. The third-order valence-corrected chi connectivity index (χ3v) is 2.62. The minimum Gasteiger partial charge on any atom is -0.373 e. The van der Waals surface area contributed by atoms with E-state index in [1.165, 1.54) is 0 Å². The van der Waals surface area contributed by atoms with Gasteiger partial charge in [-0.25, -0.2) is 4.98 Å². The van der Waals surface area contributed by atoms with Crippen LogP contribution in [0.3, 0.4) is 0 Å². The molecule has 0 bridgehead atoms. The fourth-order valence-corrected chi connectivity index (χ4v) is 1.83. The van der Waals surface area contributed by atoms with Gasteiger partial charge in [-0.3, -0.25) is 4.79 Å². The van der Waals surface area contributed by atoms with Gasteiger partial charge in [0, 0.05) is 25.2 Å². The smallest absolute Gasteiger partial charge is 0.273 e. The fourth-order valence-electron chi connectivity index (χ4n) is 1.83. The highest BCUT2D eigenvalue weighted by atomic mass is 35.5. The summed E-state index contributed by atoms with van der Waals surface area (Å²) in [7, 11) is 3.71. The highest BCUT2D eigenvalue weighted by Gasteiger charge is 2.07. The summed E-state index contributed by atoms with van der Waals surface area (Å²) in [6, 6.07) is 3.90. The van der Waals surface area contributed by atoms with Crippen LogP contribution in [0.5, 0.6) is 0 Å². The van der Waals surface area contributed by atoms with Gasteiger partial charge >= 0.3 is 0 Å². The predicted octanol–water partition coefficient (Wildman–Crippen LogP) is 2.03. The Morgan fingerprint density at radius 3 is 2.47 bits per heavy atom. The van der Waals surface area contributed by atoms with Crippen molar-refractivity contribution in [3.63, 3.8) is 0 Å². The number of anilines is 1. The normalized spacial score (nSPS) is 10.1. The average Bonchev–Trinajstić information content (AvgIpc) is 2.15.